The molecular weight excluding hydrogens is 344 g/mol. The number of hydrogen-bond acceptors (Lipinski definition) is 4. The molecule has 0 aliphatic rings. The number of rotatable bonds is 19. The van der Waals surface area contributed by atoms with Crippen LogP contribution in [0.25, 0.3) is 0 Å². The molecule has 0 heterocycles. The van der Waals surface area contributed by atoms with E-state index in [-0.39, 0.29) is 0 Å². The Labute approximate surface area is 154 Å². The molecular formula is C18H38O4S2. The van der Waals surface area contributed by atoms with Crippen LogP contribution >= 0.6 is 12.0 Å². The van der Waals surface area contributed by atoms with Gasteiger partial charge in [0.2, 0.25) is 0 Å². The maximum atomic E-state index is 10.3. The lowest BCUT2D eigenvalue weighted by Crippen LogP contribution is -1.97. The summed E-state index contributed by atoms with van der Waals surface area (Å²) in [6.45, 7) is 2.27. The van der Waals surface area contributed by atoms with E-state index in [1.165, 1.54) is 89.9 Å². The van der Waals surface area contributed by atoms with Gasteiger partial charge in [0.15, 0.2) is 0 Å². The van der Waals surface area contributed by atoms with Gasteiger partial charge in [-0.1, -0.05) is 103 Å². The van der Waals surface area contributed by atoms with Crippen LogP contribution in [0.1, 0.15) is 110 Å². The van der Waals surface area contributed by atoms with E-state index in [1.54, 1.807) is 0 Å². The number of hydrogen-bond donors (Lipinski definition) is 1. The summed E-state index contributed by atoms with van der Waals surface area (Å²) in [5.74, 6) is 0.609. The molecule has 146 valence electrons. The molecule has 0 amide bonds. The summed E-state index contributed by atoms with van der Waals surface area (Å²) in [6.07, 6.45) is 21.1. The van der Waals surface area contributed by atoms with E-state index < -0.39 is 10.4 Å². The normalized spacial score (nSPS) is 11.9. The fraction of sp³-hybridized carbons (Fsp3) is 1.00. The van der Waals surface area contributed by atoms with Crippen molar-refractivity contribution in [3.8, 4) is 0 Å². The minimum Gasteiger partial charge on any atom is -0.263 e. The predicted molar refractivity (Wildman–Crippen MR) is 105 cm³/mol. The molecule has 0 aliphatic carbocycles. The van der Waals surface area contributed by atoms with Crippen LogP contribution in [-0.4, -0.2) is 18.7 Å². The van der Waals surface area contributed by atoms with Gasteiger partial charge >= 0.3 is 10.4 Å². The average molecular weight is 383 g/mol. The van der Waals surface area contributed by atoms with E-state index in [9.17, 15) is 8.42 Å². The fourth-order valence-corrected chi connectivity index (χ4v) is 3.88. The van der Waals surface area contributed by atoms with E-state index >= 15 is 0 Å². The molecule has 0 rings (SSSR count). The molecule has 0 spiro atoms. The summed E-state index contributed by atoms with van der Waals surface area (Å²) in [6, 6.07) is 0. The average Bonchev–Trinajstić information content (AvgIpc) is 2.52. The Morgan fingerprint density at radius 1 is 0.667 bits per heavy atom. The molecule has 0 fully saturated rings. The highest BCUT2D eigenvalue weighted by Gasteiger charge is 2.04. The van der Waals surface area contributed by atoms with Gasteiger partial charge in [0, 0.05) is 17.8 Å². The van der Waals surface area contributed by atoms with Crippen molar-refractivity contribution >= 4 is 22.4 Å². The Morgan fingerprint density at radius 3 is 1.33 bits per heavy atom. The predicted octanol–water partition coefficient (Wildman–Crippen LogP) is 6.72. The molecule has 4 nitrogen and oxygen atoms in total. The van der Waals surface area contributed by atoms with Crippen molar-refractivity contribution in [3.05, 3.63) is 0 Å². The van der Waals surface area contributed by atoms with Crippen molar-refractivity contribution in [2.45, 2.75) is 110 Å². The maximum absolute atomic E-state index is 10.3. The molecule has 24 heavy (non-hydrogen) atoms. The van der Waals surface area contributed by atoms with E-state index in [0.29, 0.717) is 5.75 Å². The van der Waals surface area contributed by atoms with Crippen LogP contribution in [0.2, 0.25) is 0 Å². The molecule has 0 radical (unpaired) electrons. The van der Waals surface area contributed by atoms with E-state index in [2.05, 4.69) is 10.6 Å². The van der Waals surface area contributed by atoms with E-state index in [4.69, 9.17) is 4.55 Å². The second-order valence-corrected chi connectivity index (χ2v) is 8.66. The molecule has 0 aromatic carbocycles. The summed E-state index contributed by atoms with van der Waals surface area (Å²) in [5.41, 5.74) is 0. The quantitative estimate of drug-likeness (QED) is 0.153. The summed E-state index contributed by atoms with van der Waals surface area (Å²) in [4.78, 5) is 0. The van der Waals surface area contributed by atoms with Crippen molar-refractivity contribution < 1.29 is 16.6 Å². The standard InChI is InChI=1S/C18H38O4S2/c1-2-3-4-5-6-7-8-9-10-11-12-13-14-15-16-17-18-23-22-24(19,20)21/h2-18H2,1H3,(H,19,20,21). The van der Waals surface area contributed by atoms with Gasteiger partial charge in [0.25, 0.3) is 0 Å². The Morgan fingerprint density at radius 2 is 1.00 bits per heavy atom. The van der Waals surface area contributed by atoms with Crippen molar-refractivity contribution in [2.75, 3.05) is 5.75 Å². The third kappa shape index (κ3) is 22.2. The summed E-state index contributed by atoms with van der Waals surface area (Å²) in [5, 5.41) is 0. The van der Waals surface area contributed by atoms with Gasteiger partial charge in [-0.3, -0.25) is 4.55 Å². The minimum absolute atomic E-state index is 0.609. The largest absolute Gasteiger partial charge is 0.408 e. The first-order chi connectivity index (χ1) is 11.6. The van der Waals surface area contributed by atoms with Gasteiger partial charge in [-0.15, -0.1) is 0 Å². The zero-order chi connectivity index (χ0) is 17.9. The Hall–Kier alpha value is 0.220. The lowest BCUT2D eigenvalue weighted by atomic mass is 10.0. The van der Waals surface area contributed by atoms with Crippen LogP contribution in [0.15, 0.2) is 0 Å². The Bertz CT molecular complexity index is 345. The number of unbranched alkanes of at least 4 members (excludes halogenated alkanes) is 15. The molecule has 0 atom stereocenters. The van der Waals surface area contributed by atoms with Gasteiger partial charge < -0.3 is 0 Å². The molecule has 6 heteroatoms. The van der Waals surface area contributed by atoms with Gasteiger partial charge in [0.1, 0.15) is 0 Å². The fourth-order valence-electron chi connectivity index (χ4n) is 2.80. The zero-order valence-electron chi connectivity index (χ0n) is 15.5. The lowest BCUT2D eigenvalue weighted by Gasteiger charge is -2.03. The summed E-state index contributed by atoms with van der Waals surface area (Å²) in [7, 11) is -4.28. The molecule has 0 bridgehead atoms. The third-order valence-corrected chi connectivity index (χ3v) is 5.74. The van der Waals surface area contributed by atoms with Gasteiger partial charge in [-0.25, -0.2) is 0 Å². The van der Waals surface area contributed by atoms with Crippen LogP contribution in [-0.2, 0) is 14.0 Å². The summed E-state index contributed by atoms with van der Waals surface area (Å²) < 4.78 is 33.2. The van der Waals surface area contributed by atoms with Crippen molar-refractivity contribution in [1.82, 2.24) is 0 Å². The first kappa shape index (κ1) is 24.2. The SMILES string of the molecule is CCCCCCCCCCCCCCCCCCSOS(=O)(=O)O. The lowest BCUT2D eigenvalue weighted by molar-refractivity contribution is 0.407. The Balaban J connectivity index is 3.03. The Kier molecular flexibility index (Phi) is 18.2. The second kappa shape index (κ2) is 18.0. The van der Waals surface area contributed by atoms with E-state index in [0.717, 1.165) is 24.9 Å². The van der Waals surface area contributed by atoms with Crippen LogP contribution in [0.3, 0.4) is 0 Å². The third-order valence-electron chi connectivity index (χ3n) is 4.22. The van der Waals surface area contributed by atoms with E-state index in [1.807, 2.05) is 0 Å². The van der Waals surface area contributed by atoms with Crippen molar-refractivity contribution in [1.29, 1.82) is 0 Å². The molecule has 0 aliphatic heterocycles. The minimum atomic E-state index is -4.28. The highest BCUT2D eigenvalue weighted by Crippen LogP contribution is 2.15. The first-order valence-electron chi connectivity index (χ1n) is 9.85. The molecule has 1 N–H and O–H groups in total. The molecule has 0 unspecified atom stereocenters. The van der Waals surface area contributed by atoms with Crippen LogP contribution in [0.4, 0.5) is 0 Å². The molecule has 0 saturated heterocycles. The second-order valence-electron chi connectivity index (χ2n) is 6.62. The molecule has 0 saturated carbocycles. The van der Waals surface area contributed by atoms with Gasteiger partial charge in [0.05, 0.1) is 0 Å². The first-order valence-corrected chi connectivity index (χ1v) is 12.1. The highest BCUT2D eigenvalue weighted by molar-refractivity contribution is 8.02. The maximum Gasteiger partial charge on any atom is 0.408 e. The van der Waals surface area contributed by atoms with Crippen molar-refractivity contribution in [2.24, 2.45) is 0 Å². The molecule has 0 aromatic heterocycles. The molecule has 0 aromatic rings. The van der Waals surface area contributed by atoms with Crippen LogP contribution in [0.5, 0.6) is 0 Å². The monoisotopic (exact) mass is 382 g/mol. The smallest absolute Gasteiger partial charge is 0.263 e. The zero-order valence-corrected chi connectivity index (χ0v) is 17.1. The van der Waals surface area contributed by atoms with Crippen molar-refractivity contribution in [3.63, 3.8) is 0 Å². The van der Waals surface area contributed by atoms with Gasteiger partial charge in [-0.05, 0) is 6.42 Å². The topological polar surface area (TPSA) is 63.6 Å². The highest BCUT2D eigenvalue weighted by atomic mass is 32.3. The van der Waals surface area contributed by atoms with Gasteiger partial charge in [-0.2, -0.15) is 12.0 Å². The van der Waals surface area contributed by atoms with Crippen LogP contribution < -0.4 is 0 Å². The van der Waals surface area contributed by atoms with Crippen LogP contribution in [0, 0.1) is 0 Å². The summed E-state index contributed by atoms with van der Waals surface area (Å²) >= 11 is 0.809.